The van der Waals surface area contributed by atoms with E-state index in [1.165, 1.54) is 0 Å². The van der Waals surface area contributed by atoms with Crippen molar-refractivity contribution in [2.45, 2.75) is 6.54 Å². The van der Waals surface area contributed by atoms with Crippen molar-refractivity contribution in [1.29, 1.82) is 0 Å². The fourth-order valence-electron chi connectivity index (χ4n) is 3.15. The zero-order valence-electron chi connectivity index (χ0n) is 13.6. The van der Waals surface area contributed by atoms with Gasteiger partial charge in [-0.2, -0.15) is 0 Å². The fourth-order valence-corrected chi connectivity index (χ4v) is 3.15. The monoisotopic (exact) mass is 332 g/mol. The van der Waals surface area contributed by atoms with E-state index in [9.17, 15) is 9.59 Å². The zero-order chi connectivity index (χ0) is 17.4. The van der Waals surface area contributed by atoms with Crippen molar-refractivity contribution < 1.29 is 14.3 Å². The van der Waals surface area contributed by atoms with Crippen LogP contribution in [-0.4, -0.2) is 18.9 Å². The minimum atomic E-state index is -0.170. The molecule has 0 saturated carbocycles. The van der Waals surface area contributed by atoms with Crippen LogP contribution in [0.2, 0.25) is 0 Å². The smallest absolute Gasteiger partial charge is 0.256 e. The molecule has 124 valence electrons. The molecule has 0 radical (unpaired) electrons. The summed E-state index contributed by atoms with van der Waals surface area (Å²) in [4.78, 5) is 24.4. The van der Waals surface area contributed by atoms with Crippen LogP contribution in [-0.2, 0) is 6.54 Å². The number of amides is 2. The summed E-state index contributed by atoms with van der Waals surface area (Å²) < 4.78 is 5.15. The summed E-state index contributed by atoms with van der Waals surface area (Å²) in [6.07, 6.45) is 0. The number of ether oxygens (including phenoxy) is 1. The van der Waals surface area contributed by atoms with Crippen LogP contribution in [0.25, 0.3) is 10.8 Å². The Kier molecular flexibility index (Phi) is 3.61. The number of hydrogen-bond donors (Lipinski definition) is 2. The van der Waals surface area contributed by atoms with Gasteiger partial charge >= 0.3 is 0 Å². The number of anilines is 1. The normalized spacial score (nSPS) is 12.1. The third-order valence-electron chi connectivity index (χ3n) is 4.40. The van der Waals surface area contributed by atoms with Gasteiger partial charge in [-0.1, -0.05) is 24.3 Å². The number of carbonyl (C=O) groups is 2. The van der Waals surface area contributed by atoms with Gasteiger partial charge in [-0.3, -0.25) is 9.59 Å². The zero-order valence-corrected chi connectivity index (χ0v) is 13.6. The molecule has 3 aromatic carbocycles. The lowest BCUT2D eigenvalue weighted by Gasteiger charge is -2.10. The standard InChI is InChI=1S/C20H16N2O3/c1-25-14-5-2-4-12(10-14)19(23)21-11-13-8-9-17-18-15(13)6-3-7-16(18)20(24)22-17/h2-10H,11H2,1H3,(H,21,23)(H,22,24). The molecule has 0 fully saturated rings. The fraction of sp³-hybridized carbons (Fsp3) is 0.100. The first-order chi connectivity index (χ1) is 12.2. The largest absolute Gasteiger partial charge is 0.497 e. The van der Waals surface area contributed by atoms with Crippen molar-refractivity contribution >= 4 is 28.3 Å². The van der Waals surface area contributed by atoms with Crippen LogP contribution >= 0.6 is 0 Å². The van der Waals surface area contributed by atoms with Crippen LogP contribution in [0.4, 0.5) is 5.69 Å². The number of rotatable bonds is 4. The second kappa shape index (κ2) is 5.94. The van der Waals surface area contributed by atoms with E-state index < -0.39 is 0 Å². The Morgan fingerprint density at radius 2 is 1.96 bits per heavy atom. The molecule has 0 saturated heterocycles. The summed E-state index contributed by atoms with van der Waals surface area (Å²) in [5.74, 6) is 0.386. The molecule has 5 heteroatoms. The third-order valence-corrected chi connectivity index (χ3v) is 4.40. The van der Waals surface area contributed by atoms with E-state index in [-0.39, 0.29) is 11.8 Å². The van der Waals surface area contributed by atoms with Gasteiger partial charge in [0.2, 0.25) is 0 Å². The predicted octanol–water partition coefficient (Wildman–Crippen LogP) is 3.34. The van der Waals surface area contributed by atoms with Gasteiger partial charge in [-0.15, -0.1) is 0 Å². The Balaban J connectivity index is 1.61. The van der Waals surface area contributed by atoms with E-state index in [0.29, 0.717) is 23.4 Å². The van der Waals surface area contributed by atoms with Crippen LogP contribution in [0, 0.1) is 0 Å². The topological polar surface area (TPSA) is 67.4 Å². The van der Waals surface area contributed by atoms with E-state index >= 15 is 0 Å². The molecule has 1 aliphatic heterocycles. The lowest BCUT2D eigenvalue weighted by Crippen LogP contribution is -2.22. The van der Waals surface area contributed by atoms with Crippen LogP contribution < -0.4 is 15.4 Å². The SMILES string of the molecule is COc1cccc(C(=O)NCc2ccc3c4c(cccc24)C(=O)N3)c1. The number of nitrogens with one attached hydrogen (secondary N) is 2. The van der Waals surface area contributed by atoms with E-state index in [4.69, 9.17) is 4.74 Å². The Morgan fingerprint density at radius 3 is 2.80 bits per heavy atom. The van der Waals surface area contributed by atoms with Crippen molar-refractivity contribution in [2.24, 2.45) is 0 Å². The summed E-state index contributed by atoms with van der Waals surface area (Å²) in [5, 5.41) is 7.68. The molecule has 4 rings (SSSR count). The van der Waals surface area contributed by atoms with Crippen LogP contribution in [0.3, 0.4) is 0 Å². The molecule has 1 heterocycles. The average molecular weight is 332 g/mol. The lowest BCUT2D eigenvalue weighted by atomic mass is 10.0. The molecule has 5 nitrogen and oxygen atoms in total. The number of carbonyl (C=O) groups excluding carboxylic acids is 2. The first-order valence-corrected chi connectivity index (χ1v) is 7.95. The van der Waals surface area contributed by atoms with Crippen molar-refractivity contribution in [1.82, 2.24) is 5.32 Å². The first kappa shape index (κ1) is 15.2. The highest BCUT2D eigenvalue weighted by molar-refractivity contribution is 6.24. The molecule has 2 amide bonds. The molecule has 0 atom stereocenters. The van der Waals surface area contributed by atoms with Gasteiger partial charge in [0.25, 0.3) is 11.8 Å². The third kappa shape index (κ3) is 2.59. The average Bonchev–Trinajstić information content (AvgIpc) is 2.98. The minimum absolute atomic E-state index is 0.0850. The maximum absolute atomic E-state index is 12.4. The van der Waals surface area contributed by atoms with Crippen LogP contribution in [0.15, 0.2) is 54.6 Å². The van der Waals surface area contributed by atoms with E-state index in [1.54, 1.807) is 31.4 Å². The van der Waals surface area contributed by atoms with Gasteiger partial charge in [-0.05, 0) is 41.3 Å². The van der Waals surface area contributed by atoms with Crippen molar-refractivity contribution in [3.8, 4) is 5.75 Å². The molecule has 3 aromatic rings. The van der Waals surface area contributed by atoms with Crippen molar-refractivity contribution in [2.75, 3.05) is 12.4 Å². The summed E-state index contributed by atoms with van der Waals surface area (Å²) in [6.45, 7) is 0.379. The Hall–Kier alpha value is -3.34. The molecule has 0 bridgehead atoms. The Morgan fingerprint density at radius 1 is 1.12 bits per heavy atom. The van der Waals surface area contributed by atoms with Crippen molar-refractivity contribution in [3.05, 3.63) is 71.3 Å². The van der Waals surface area contributed by atoms with Crippen molar-refractivity contribution in [3.63, 3.8) is 0 Å². The lowest BCUT2D eigenvalue weighted by molar-refractivity contribution is 0.0950. The van der Waals surface area contributed by atoms with Crippen LogP contribution in [0.1, 0.15) is 26.3 Å². The summed E-state index contributed by atoms with van der Waals surface area (Å²) in [5.41, 5.74) is 3.00. The highest BCUT2D eigenvalue weighted by atomic mass is 16.5. The number of hydrogen-bond acceptors (Lipinski definition) is 3. The van der Waals surface area contributed by atoms with Gasteiger partial charge in [0, 0.05) is 28.7 Å². The van der Waals surface area contributed by atoms with Crippen LogP contribution in [0.5, 0.6) is 5.75 Å². The first-order valence-electron chi connectivity index (χ1n) is 7.95. The second-order valence-corrected chi connectivity index (χ2v) is 5.87. The summed E-state index contributed by atoms with van der Waals surface area (Å²) in [6, 6.07) is 16.5. The summed E-state index contributed by atoms with van der Waals surface area (Å²) >= 11 is 0. The molecule has 0 aliphatic carbocycles. The number of methoxy groups -OCH3 is 1. The highest BCUT2D eigenvalue weighted by Crippen LogP contribution is 2.34. The molecular formula is C20H16N2O3. The molecule has 0 spiro atoms. The van der Waals surface area contributed by atoms with Gasteiger partial charge < -0.3 is 15.4 Å². The molecule has 0 unspecified atom stereocenters. The molecule has 1 aliphatic rings. The second-order valence-electron chi connectivity index (χ2n) is 5.87. The molecule has 0 aromatic heterocycles. The van der Waals surface area contributed by atoms with Gasteiger partial charge in [0.05, 0.1) is 7.11 Å². The predicted molar refractivity (Wildman–Crippen MR) is 96.1 cm³/mol. The minimum Gasteiger partial charge on any atom is -0.497 e. The van der Waals surface area contributed by atoms with E-state index in [0.717, 1.165) is 22.0 Å². The maximum atomic E-state index is 12.4. The number of benzene rings is 3. The van der Waals surface area contributed by atoms with Gasteiger partial charge in [0.1, 0.15) is 5.75 Å². The maximum Gasteiger partial charge on any atom is 0.256 e. The van der Waals surface area contributed by atoms with E-state index in [1.807, 2.05) is 30.3 Å². The Labute approximate surface area is 144 Å². The van der Waals surface area contributed by atoms with E-state index in [2.05, 4.69) is 10.6 Å². The quantitative estimate of drug-likeness (QED) is 0.770. The van der Waals surface area contributed by atoms with Gasteiger partial charge in [-0.25, -0.2) is 0 Å². The molecule has 25 heavy (non-hydrogen) atoms. The Bertz CT molecular complexity index is 1010. The molecule has 2 N–H and O–H groups in total. The molecular weight excluding hydrogens is 316 g/mol. The summed E-state index contributed by atoms with van der Waals surface area (Å²) in [7, 11) is 1.57. The van der Waals surface area contributed by atoms with Gasteiger partial charge in [0.15, 0.2) is 0 Å². The highest BCUT2D eigenvalue weighted by Gasteiger charge is 2.22.